The Labute approximate surface area is 95.9 Å². The topological polar surface area (TPSA) is 43.8 Å². The minimum Gasteiger partial charge on any atom is -0.324 e. The Balaban J connectivity index is 2.14. The third-order valence-electron chi connectivity index (χ3n) is 3.00. The summed E-state index contributed by atoms with van der Waals surface area (Å²) in [5.74, 6) is 0. The van der Waals surface area contributed by atoms with E-state index in [0.717, 1.165) is 6.42 Å². The highest BCUT2D eigenvalue weighted by Crippen LogP contribution is 2.17. The summed E-state index contributed by atoms with van der Waals surface area (Å²) < 4.78 is 1.88. The van der Waals surface area contributed by atoms with Crippen LogP contribution in [0.25, 0.3) is 0 Å². The molecule has 0 fully saturated rings. The number of benzene rings is 1. The monoisotopic (exact) mass is 215 g/mol. The molecular weight excluding hydrogens is 198 g/mol. The van der Waals surface area contributed by atoms with E-state index in [2.05, 4.69) is 24.2 Å². The number of rotatable bonds is 3. The summed E-state index contributed by atoms with van der Waals surface area (Å²) in [6.07, 6.45) is 2.74. The summed E-state index contributed by atoms with van der Waals surface area (Å²) in [5.41, 5.74) is 9.75. The van der Waals surface area contributed by atoms with E-state index in [4.69, 9.17) is 5.73 Å². The maximum absolute atomic E-state index is 6.17. The molecule has 2 aromatic rings. The number of nitrogens with zero attached hydrogens (tertiary/aromatic N) is 2. The van der Waals surface area contributed by atoms with E-state index >= 15 is 0 Å². The summed E-state index contributed by atoms with van der Waals surface area (Å²) in [6.45, 7) is 2.07. The molecule has 0 amide bonds. The summed E-state index contributed by atoms with van der Waals surface area (Å²) in [6, 6.07) is 10.2. The second kappa shape index (κ2) is 4.49. The molecule has 16 heavy (non-hydrogen) atoms. The molecule has 0 spiro atoms. The average molecular weight is 215 g/mol. The molecule has 0 aliphatic carbocycles. The highest BCUT2D eigenvalue weighted by atomic mass is 15.3. The standard InChI is InChI=1S/C13H17N3/c1-10-12(9-15-16(10)2)8-13(14)11-6-4-3-5-7-11/h3-7,9,13H,8,14H2,1-2H3. The van der Waals surface area contributed by atoms with Crippen LogP contribution in [0.1, 0.15) is 22.9 Å². The van der Waals surface area contributed by atoms with Crippen molar-refractivity contribution in [3.05, 3.63) is 53.3 Å². The smallest absolute Gasteiger partial charge is 0.0525 e. The number of aryl methyl sites for hydroxylation is 1. The van der Waals surface area contributed by atoms with E-state index in [0.29, 0.717) is 0 Å². The van der Waals surface area contributed by atoms with Crippen molar-refractivity contribution in [2.75, 3.05) is 0 Å². The van der Waals surface area contributed by atoms with Crippen molar-refractivity contribution in [2.45, 2.75) is 19.4 Å². The van der Waals surface area contributed by atoms with Gasteiger partial charge in [-0.15, -0.1) is 0 Å². The van der Waals surface area contributed by atoms with Crippen LogP contribution >= 0.6 is 0 Å². The molecule has 1 heterocycles. The van der Waals surface area contributed by atoms with Gasteiger partial charge in [0.05, 0.1) is 6.20 Å². The van der Waals surface area contributed by atoms with E-state index in [1.165, 1.54) is 16.8 Å². The van der Waals surface area contributed by atoms with Gasteiger partial charge in [-0.05, 0) is 24.5 Å². The molecule has 3 nitrogen and oxygen atoms in total. The molecule has 0 saturated heterocycles. The lowest BCUT2D eigenvalue weighted by molar-refractivity contribution is 0.707. The molecule has 1 aromatic heterocycles. The van der Waals surface area contributed by atoms with Crippen LogP contribution < -0.4 is 5.73 Å². The minimum atomic E-state index is 0.0455. The average Bonchev–Trinajstić information content (AvgIpc) is 2.62. The number of hydrogen-bond donors (Lipinski definition) is 1. The molecule has 0 radical (unpaired) electrons. The second-order valence-corrected chi connectivity index (χ2v) is 4.10. The Kier molecular flexibility index (Phi) is 3.06. The van der Waals surface area contributed by atoms with Gasteiger partial charge in [0, 0.05) is 18.8 Å². The molecule has 3 heteroatoms. The van der Waals surface area contributed by atoms with E-state index in [1.54, 1.807) is 0 Å². The van der Waals surface area contributed by atoms with Gasteiger partial charge in [-0.1, -0.05) is 30.3 Å². The lowest BCUT2D eigenvalue weighted by atomic mass is 10.0. The van der Waals surface area contributed by atoms with E-state index < -0.39 is 0 Å². The highest BCUT2D eigenvalue weighted by Gasteiger charge is 2.10. The molecule has 1 atom stereocenters. The van der Waals surface area contributed by atoms with Crippen LogP contribution in [0.15, 0.2) is 36.5 Å². The van der Waals surface area contributed by atoms with Crippen molar-refractivity contribution in [1.82, 2.24) is 9.78 Å². The molecule has 0 saturated carbocycles. The van der Waals surface area contributed by atoms with E-state index in [-0.39, 0.29) is 6.04 Å². The van der Waals surface area contributed by atoms with E-state index in [1.807, 2.05) is 36.1 Å². The minimum absolute atomic E-state index is 0.0455. The van der Waals surface area contributed by atoms with Crippen molar-refractivity contribution in [3.63, 3.8) is 0 Å². The second-order valence-electron chi connectivity index (χ2n) is 4.10. The van der Waals surface area contributed by atoms with Gasteiger partial charge in [-0.2, -0.15) is 5.10 Å². The molecule has 1 unspecified atom stereocenters. The fraction of sp³-hybridized carbons (Fsp3) is 0.308. The van der Waals surface area contributed by atoms with Crippen molar-refractivity contribution in [1.29, 1.82) is 0 Å². The van der Waals surface area contributed by atoms with Crippen molar-refractivity contribution >= 4 is 0 Å². The molecule has 2 N–H and O–H groups in total. The highest BCUT2D eigenvalue weighted by molar-refractivity contribution is 5.23. The van der Waals surface area contributed by atoms with E-state index in [9.17, 15) is 0 Å². The van der Waals surface area contributed by atoms with Crippen molar-refractivity contribution in [3.8, 4) is 0 Å². The zero-order valence-corrected chi connectivity index (χ0v) is 9.72. The summed E-state index contributed by atoms with van der Waals surface area (Å²) in [4.78, 5) is 0. The van der Waals surface area contributed by atoms with Gasteiger partial charge in [-0.3, -0.25) is 4.68 Å². The number of aromatic nitrogens is 2. The first-order valence-electron chi connectivity index (χ1n) is 5.46. The summed E-state index contributed by atoms with van der Waals surface area (Å²) >= 11 is 0. The maximum atomic E-state index is 6.17. The molecule has 2 rings (SSSR count). The molecule has 0 aliphatic heterocycles. The zero-order chi connectivity index (χ0) is 11.5. The molecule has 84 valence electrons. The molecule has 0 bridgehead atoms. The van der Waals surface area contributed by atoms with Gasteiger partial charge in [0.1, 0.15) is 0 Å². The molecule has 0 aliphatic rings. The van der Waals surface area contributed by atoms with Gasteiger partial charge < -0.3 is 5.73 Å². The predicted octanol–water partition coefficient (Wildman–Crippen LogP) is 1.97. The summed E-state index contributed by atoms with van der Waals surface area (Å²) in [7, 11) is 1.95. The first-order valence-corrected chi connectivity index (χ1v) is 5.46. The third kappa shape index (κ3) is 2.14. The Bertz CT molecular complexity index is 459. The van der Waals surface area contributed by atoms with Gasteiger partial charge in [0.25, 0.3) is 0 Å². The predicted molar refractivity (Wildman–Crippen MR) is 65.0 cm³/mol. The normalized spacial score (nSPS) is 12.7. The van der Waals surface area contributed by atoms with Crippen LogP contribution in [0.4, 0.5) is 0 Å². The maximum Gasteiger partial charge on any atom is 0.0525 e. The van der Waals surface area contributed by atoms with Crippen LogP contribution in [0.2, 0.25) is 0 Å². The fourth-order valence-electron chi connectivity index (χ4n) is 1.80. The number of nitrogens with two attached hydrogens (primary N) is 1. The van der Waals surface area contributed by atoms with Crippen LogP contribution in [-0.2, 0) is 13.5 Å². The Morgan fingerprint density at radius 3 is 2.56 bits per heavy atom. The third-order valence-corrected chi connectivity index (χ3v) is 3.00. The number of hydrogen-bond acceptors (Lipinski definition) is 2. The lowest BCUT2D eigenvalue weighted by Gasteiger charge is -2.11. The largest absolute Gasteiger partial charge is 0.324 e. The quantitative estimate of drug-likeness (QED) is 0.850. The SMILES string of the molecule is Cc1c(CC(N)c2ccccc2)cnn1C. The summed E-state index contributed by atoms with van der Waals surface area (Å²) in [5, 5.41) is 4.22. The van der Waals surface area contributed by atoms with Gasteiger partial charge in [-0.25, -0.2) is 0 Å². The van der Waals surface area contributed by atoms with Crippen LogP contribution in [0.5, 0.6) is 0 Å². The fourth-order valence-corrected chi connectivity index (χ4v) is 1.80. The Morgan fingerprint density at radius 2 is 2.00 bits per heavy atom. The molecule has 1 aromatic carbocycles. The van der Waals surface area contributed by atoms with Gasteiger partial charge >= 0.3 is 0 Å². The van der Waals surface area contributed by atoms with Gasteiger partial charge in [0.15, 0.2) is 0 Å². The van der Waals surface area contributed by atoms with Crippen LogP contribution in [-0.4, -0.2) is 9.78 Å². The Morgan fingerprint density at radius 1 is 1.31 bits per heavy atom. The van der Waals surface area contributed by atoms with Crippen LogP contribution in [0, 0.1) is 6.92 Å². The molecular formula is C13H17N3. The van der Waals surface area contributed by atoms with Gasteiger partial charge in [0.2, 0.25) is 0 Å². The lowest BCUT2D eigenvalue weighted by Crippen LogP contribution is -2.13. The van der Waals surface area contributed by atoms with Crippen LogP contribution in [0.3, 0.4) is 0 Å². The first kappa shape index (κ1) is 10.9. The zero-order valence-electron chi connectivity index (χ0n) is 9.72. The van der Waals surface area contributed by atoms with Crippen molar-refractivity contribution < 1.29 is 0 Å². The Hall–Kier alpha value is -1.61. The van der Waals surface area contributed by atoms with Crippen molar-refractivity contribution in [2.24, 2.45) is 12.8 Å². The first-order chi connectivity index (χ1) is 7.68.